The second-order valence-electron chi connectivity index (χ2n) is 3.75. The SMILES string of the molecule is CN(C(=N)C(=CN)c1ccccn1)c1ncccn1. The van der Waals surface area contributed by atoms with Crippen LogP contribution in [-0.2, 0) is 0 Å². The summed E-state index contributed by atoms with van der Waals surface area (Å²) in [7, 11) is 1.71. The second-order valence-corrected chi connectivity index (χ2v) is 3.75. The van der Waals surface area contributed by atoms with Gasteiger partial charge in [-0.25, -0.2) is 9.97 Å². The topological polar surface area (TPSA) is 91.8 Å². The number of hydrogen-bond donors (Lipinski definition) is 2. The van der Waals surface area contributed by atoms with Crippen LogP contribution in [0.3, 0.4) is 0 Å². The van der Waals surface area contributed by atoms with Crippen molar-refractivity contribution in [3.63, 3.8) is 0 Å². The molecule has 2 rings (SSSR count). The van der Waals surface area contributed by atoms with Crippen LogP contribution in [0.4, 0.5) is 5.95 Å². The van der Waals surface area contributed by atoms with Crippen molar-refractivity contribution in [1.82, 2.24) is 15.0 Å². The number of likely N-dealkylation sites (N-methyl/N-ethyl adjacent to an activating group) is 1. The summed E-state index contributed by atoms with van der Waals surface area (Å²) in [4.78, 5) is 13.9. The van der Waals surface area contributed by atoms with E-state index in [-0.39, 0.29) is 5.84 Å². The van der Waals surface area contributed by atoms with Crippen molar-refractivity contribution in [3.8, 4) is 0 Å². The van der Waals surface area contributed by atoms with Gasteiger partial charge in [-0.05, 0) is 18.2 Å². The van der Waals surface area contributed by atoms with Gasteiger partial charge in [0, 0.05) is 31.8 Å². The van der Waals surface area contributed by atoms with Crippen molar-refractivity contribution < 1.29 is 0 Å². The minimum atomic E-state index is 0.187. The molecule has 0 spiro atoms. The van der Waals surface area contributed by atoms with Gasteiger partial charge in [0.1, 0.15) is 5.84 Å². The number of anilines is 1. The third kappa shape index (κ3) is 2.74. The van der Waals surface area contributed by atoms with Gasteiger partial charge in [-0.3, -0.25) is 15.3 Å². The minimum absolute atomic E-state index is 0.187. The van der Waals surface area contributed by atoms with Crippen LogP contribution >= 0.6 is 0 Å². The van der Waals surface area contributed by atoms with Crippen LogP contribution in [0.25, 0.3) is 5.57 Å². The van der Waals surface area contributed by atoms with Crippen LogP contribution < -0.4 is 10.6 Å². The predicted octanol–water partition coefficient (Wildman–Crippen LogP) is 1.28. The van der Waals surface area contributed by atoms with E-state index in [4.69, 9.17) is 11.1 Å². The molecule has 2 aromatic heterocycles. The number of nitrogens with one attached hydrogen (secondary N) is 1. The lowest BCUT2D eigenvalue weighted by molar-refractivity contribution is 1.06. The van der Waals surface area contributed by atoms with Crippen LogP contribution in [0.1, 0.15) is 5.69 Å². The fourth-order valence-corrected chi connectivity index (χ4v) is 1.55. The van der Waals surface area contributed by atoms with Gasteiger partial charge in [-0.15, -0.1) is 0 Å². The van der Waals surface area contributed by atoms with Gasteiger partial charge in [-0.2, -0.15) is 0 Å². The first kappa shape index (κ1) is 12.7. The molecule has 3 N–H and O–H groups in total. The quantitative estimate of drug-likeness (QED) is 0.636. The first-order valence-electron chi connectivity index (χ1n) is 5.67. The molecule has 0 saturated heterocycles. The van der Waals surface area contributed by atoms with Crippen molar-refractivity contribution in [2.45, 2.75) is 0 Å². The molecular formula is C13H14N6. The second kappa shape index (κ2) is 5.72. The number of nitrogens with two attached hydrogens (primary N) is 1. The molecule has 19 heavy (non-hydrogen) atoms. The average Bonchev–Trinajstić information content (AvgIpc) is 2.49. The van der Waals surface area contributed by atoms with Gasteiger partial charge in [0.15, 0.2) is 0 Å². The summed E-state index contributed by atoms with van der Waals surface area (Å²) in [6, 6.07) is 7.18. The van der Waals surface area contributed by atoms with Crippen molar-refractivity contribution >= 4 is 17.4 Å². The molecule has 2 aromatic rings. The van der Waals surface area contributed by atoms with Gasteiger partial charge in [0.2, 0.25) is 5.95 Å². The van der Waals surface area contributed by atoms with Crippen LogP contribution in [0, 0.1) is 5.41 Å². The zero-order chi connectivity index (χ0) is 13.7. The highest BCUT2D eigenvalue weighted by Gasteiger charge is 2.16. The number of nitrogens with zero attached hydrogens (tertiary/aromatic N) is 4. The average molecular weight is 254 g/mol. The zero-order valence-electron chi connectivity index (χ0n) is 10.5. The van der Waals surface area contributed by atoms with E-state index in [1.54, 1.807) is 42.7 Å². The molecule has 96 valence electrons. The van der Waals surface area contributed by atoms with E-state index >= 15 is 0 Å². The van der Waals surface area contributed by atoms with Crippen LogP contribution in [-0.4, -0.2) is 27.8 Å². The number of pyridine rings is 1. The summed E-state index contributed by atoms with van der Waals surface area (Å²) in [6.07, 6.45) is 6.27. The first-order valence-corrected chi connectivity index (χ1v) is 5.67. The van der Waals surface area contributed by atoms with Gasteiger partial charge >= 0.3 is 0 Å². The lowest BCUT2D eigenvalue weighted by Gasteiger charge is -2.19. The molecule has 0 aromatic carbocycles. The Kier molecular flexibility index (Phi) is 3.82. The summed E-state index contributed by atoms with van der Waals surface area (Å²) in [5.41, 5.74) is 6.77. The van der Waals surface area contributed by atoms with E-state index in [0.29, 0.717) is 17.2 Å². The Hall–Kier alpha value is -2.76. The summed E-state index contributed by atoms with van der Waals surface area (Å²) >= 11 is 0. The van der Waals surface area contributed by atoms with E-state index < -0.39 is 0 Å². The number of hydrogen-bond acceptors (Lipinski definition) is 5. The van der Waals surface area contributed by atoms with E-state index in [2.05, 4.69) is 15.0 Å². The Morgan fingerprint density at radius 1 is 1.16 bits per heavy atom. The third-order valence-corrected chi connectivity index (χ3v) is 2.55. The number of amidine groups is 1. The van der Waals surface area contributed by atoms with E-state index in [1.165, 1.54) is 6.20 Å². The van der Waals surface area contributed by atoms with Crippen molar-refractivity contribution in [1.29, 1.82) is 5.41 Å². The number of aromatic nitrogens is 3. The molecule has 6 nitrogen and oxygen atoms in total. The highest BCUT2D eigenvalue weighted by atomic mass is 15.3. The molecule has 0 aliphatic rings. The number of rotatable bonds is 3. The van der Waals surface area contributed by atoms with Crippen molar-refractivity contribution in [3.05, 3.63) is 54.7 Å². The molecule has 0 radical (unpaired) electrons. The summed E-state index contributed by atoms with van der Waals surface area (Å²) in [5.74, 6) is 0.621. The third-order valence-electron chi connectivity index (χ3n) is 2.55. The Bertz CT molecular complexity index is 579. The predicted molar refractivity (Wildman–Crippen MR) is 74.6 cm³/mol. The zero-order valence-corrected chi connectivity index (χ0v) is 10.5. The highest BCUT2D eigenvalue weighted by molar-refractivity contribution is 6.26. The van der Waals surface area contributed by atoms with Gasteiger partial charge in [0.25, 0.3) is 0 Å². The summed E-state index contributed by atoms with van der Waals surface area (Å²) in [6.45, 7) is 0. The monoisotopic (exact) mass is 254 g/mol. The standard InChI is InChI=1S/C13H14N6/c1-19(13-17-7-4-8-18-13)12(15)10(9-14)11-5-2-3-6-16-11/h2-9,15H,14H2,1H3. The van der Waals surface area contributed by atoms with Crippen LogP contribution in [0.5, 0.6) is 0 Å². The fourth-order valence-electron chi connectivity index (χ4n) is 1.55. The molecule has 2 heterocycles. The molecule has 0 fully saturated rings. The minimum Gasteiger partial charge on any atom is -0.404 e. The van der Waals surface area contributed by atoms with E-state index in [9.17, 15) is 0 Å². The van der Waals surface area contributed by atoms with E-state index in [1.807, 2.05) is 12.1 Å². The molecule has 6 heteroatoms. The maximum atomic E-state index is 8.18. The molecule has 0 bridgehead atoms. The van der Waals surface area contributed by atoms with Crippen LogP contribution in [0.15, 0.2) is 49.1 Å². The maximum absolute atomic E-state index is 8.18. The van der Waals surface area contributed by atoms with Crippen molar-refractivity contribution in [2.24, 2.45) is 5.73 Å². The van der Waals surface area contributed by atoms with Crippen molar-refractivity contribution in [2.75, 3.05) is 11.9 Å². The molecule has 0 atom stereocenters. The lowest BCUT2D eigenvalue weighted by atomic mass is 10.1. The lowest BCUT2D eigenvalue weighted by Crippen LogP contribution is -2.28. The molecular weight excluding hydrogens is 240 g/mol. The van der Waals surface area contributed by atoms with Crippen LogP contribution in [0.2, 0.25) is 0 Å². The molecule has 0 aliphatic heterocycles. The first-order chi connectivity index (χ1) is 9.24. The largest absolute Gasteiger partial charge is 0.404 e. The van der Waals surface area contributed by atoms with Gasteiger partial charge < -0.3 is 5.73 Å². The highest BCUT2D eigenvalue weighted by Crippen LogP contribution is 2.15. The maximum Gasteiger partial charge on any atom is 0.230 e. The Labute approximate surface area is 111 Å². The Morgan fingerprint density at radius 2 is 1.84 bits per heavy atom. The molecule has 0 amide bonds. The smallest absolute Gasteiger partial charge is 0.230 e. The molecule has 0 unspecified atom stereocenters. The van der Waals surface area contributed by atoms with Gasteiger partial charge in [0.05, 0.1) is 11.3 Å². The summed E-state index contributed by atoms with van der Waals surface area (Å²) in [5, 5.41) is 8.18. The Balaban J connectivity index is 2.28. The van der Waals surface area contributed by atoms with Gasteiger partial charge in [-0.1, -0.05) is 6.07 Å². The molecule has 0 aliphatic carbocycles. The normalized spacial score (nSPS) is 11.1. The fraction of sp³-hybridized carbons (Fsp3) is 0.0769. The molecule has 0 saturated carbocycles. The Morgan fingerprint density at radius 3 is 2.42 bits per heavy atom. The summed E-state index contributed by atoms with van der Waals surface area (Å²) < 4.78 is 0. The van der Waals surface area contributed by atoms with E-state index in [0.717, 1.165) is 0 Å².